The molecule has 0 fully saturated rings. The number of carbonyl (C=O) groups is 2. The minimum Gasteiger partial charge on any atom is -0.462 e. The maximum Gasteiger partial charge on any atom is 0.472 e. The summed E-state index contributed by atoms with van der Waals surface area (Å²) in [6, 6.07) is 0. The second kappa shape index (κ2) is 42.8. The fraction of sp³-hybridized carbons (Fsp3) is 0.880. The summed E-state index contributed by atoms with van der Waals surface area (Å²) in [6.45, 7) is 4.40. The summed E-state index contributed by atoms with van der Waals surface area (Å²) >= 11 is 0. The van der Waals surface area contributed by atoms with Crippen molar-refractivity contribution in [2.45, 2.75) is 238 Å². The van der Waals surface area contributed by atoms with Crippen LogP contribution in [0, 0.1) is 0 Å². The van der Waals surface area contributed by atoms with Crippen LogP contribution < -0.4 is 0 Å². The van der Waals surface area contributed by atoms with Crippen LogP contribution in [0.2, 0.25) is 0 Å². The quantitative estimate of drug-likeness (QED) is 0.0212. The maximum atomic E-state index is 12.7. The zero-order valence-electron chi connectivity index (χ0n) is 40.0. The van der Waals surface area contributed by atoms with E-state index in [1.807, 2.05) is 21.1 Å². The average Bonchev–Trinajstić information content (AvgIpc) is 3.20. The smallest absolute Gasteiger partial charge is 0.462 e. The fourth-order valence-electron chi connectivity index (χ4n) is 7.01. The number of allylic oxidation sites excluding steroid dienone is 4. The first-order valence-corrected chi connectivity index (χ1v) is 26.6. The van der Waals surface area contributed by atoms with Gasteiger partial charge < -0.3 is 18.9 Å². The second-order valence-corrected chi connectivity index (χ2v) is 19.6. The minimum atomic E-state index is -4.38. The van der Waals surface area contributed by atoms with Gasteiger partial charge in [0.1, 0.15) is 19.8 Å². The zero-order valence-corrected chi connectivity index (χ0v) is 40.9. The van der Waals surface area contributed by atoms with E-state index in [0.717, 1.165) is 38.5 Å². The van der Waals surface area contributed by atoms with E-state index in [2.05, 4.69) is 38.2 Å². The molecule has 0 saturated carbocycles. The van der Waals surface area contributed by atoms with E-state index in [4.69, 9.17) is 18.5 Å². The predicted octanol–water partition coefficient (Wildman–Crippen LogP) is 14.7. The molecule has 0 saturated heterocycles. The van der Waals surface area contributed by atoms with Gasteiger partial charge in [-0.3, -0.25) is 18.6 Å². The summed E-state index contributed by atoms with van der Waals surface area (Å²) in [6.07, 6.45) is 48.2. The van der Waals surface area contributed by atoms with Crippen molar-refractivity contribution >= 4 is 19.8 Å². The van der Waals surface area contributed by atoms with E-state index in [1.165, 1.54) is 154 Å². The number of unbranched alkanes of at least 4 members (excludes halogenated alkanes) is 28. The molecule has 0 radical (unpaired) electrons. The van der Waals surface area contributed by atoms with Gasteiger partial charge in [0.15, 0.2) is 6.10 Å². The summed E-state index contributed by atoms with van der Waals surface area (Å²) in [4.78, 5) is 35.4. The molecule has 0 amide bonds. The molecule has 2 atom stereocenters. The van der Waals surface area contributed by atoms with Crippen molar-refractivity contribution in [2.24, 2.45) is 0 Å². The largest absolute Gasteiger partial charge is 0.472 e. The minimum absolute atomic E-state index is 0.0268. The van der Waals surface area contributed by atoms with Crippen LogP contribution in [0.4, 0.5) is 0 Å². The number of hydrogen-bond donors (Lipinski definition) is 1. The van der Waals surface area contributed by atoms with E-state index < -0.39 is 32.5 Å². The van der Waals surface area contributed by atoms with E-state index in [-0.39, 0.29) is 26.1 Å². The summed E-state index contributed by atoms with van der Waals surface area (Å²) < 4.78 is 34.3. The fourth-order valence-corrected chi connectivity index (χ4v) is 7.76. The lowest BCUT2D eigenvalue weighted by atomic mass is 10.0. The lowest BCUT2D eigenvalue weighted by molar-refractivity contribution is -0.870. The van der Waals surface area contributed by atoms with Crippen molar-refractivity contribution in [3.8, 4) is 0 Å². The standard InChI is InChI=1S/C50H96NO8P/c1-6-8-10-12-14-16-18-20-21-22-23-24-25-26-27-28-29-31-32-34-36-38-40-42-49(52)56-46-48(47-58-60(54,55)57-45-44-51(3,4)5)59-50(53)43-41-39-37-35-33-30-19-17-15-13-11-9-7-2/h30,33-34,36,48H,6-29,31-32,35,37-47H2,1-5H3/p+1/b33-30+,36-34+/t48-/m0/s1. The monoisotopic (exact) mass is 871 g/mol. The first-order chi connectivity index (χ1) is 29.0. The van der Waals surface area contributed by atoms with Gasteiger partial charge in [0, 0.05) is 12.8 Å². The van der Waals surface area contributed by atoms with Crippen LogP contribution in [0.5, 0.6) is 0 Å². The predicted molar refractivity (Wildman–Crippen MR) is 252 cm³/mol. The SMILES string of the molecule is CCCCCCCC/C=C/CCCCCC(=O)O[C@@H](COC(=O)CCC/C=C/CCCCCCCCCCCCCCCCCCCC)COP(=O)(O)OCC[N+](C)(C)C. The number of nitrogens with zero attached hydrogens (tertiary/aromatic N) is 1. The van der Waals surface area contributed by atoms with E-state index in [1.54, 1.807) is 0 Å². The third-order valence-electron chi connectivity index (χ3n) is 11.0. The van der Waals surface area contributed by atoms with E-state index >= 15 is 0 Å². The molecular weight excluding hydrogens is 774 g/mol. The van der Waals surface area contributed by atoms with Gasteiger partial charge in [-0.2, -0.15) is 0 Å². The number of hydrogen-bond acceptors (Lipinski definition) is 7. The van der Waals surface area contributed by atoms with Crippen molar-refractivity contribution in [3.05, 3.63) is 24.3 Å². The number of ether oxygens (including phenoxy) is 2. The Morgan fingerprint density at radius 2 is 0.867 bits per heavy atom. The second-order valence-electron chi connectivity index (χ2n) is 18.2. The van der Waals surface area contributed by atoms with Crippen LogP contribution in [0.25, 0.3) is 0 Å². The molecule has 9 nitrogen and oxygen atoms in total. The van der Waals surface area contributed by atoms with Crippen LogP contribution >= 0.6 is 7.82 Å². The molecule has 0 aromatic rings. The van der Waals surface area contributed by atoms with Crippen molar-refractivity contribution in [2.75, 3.05) is 47.5 Å². The topological polar surface area (TPSA) is 108 Å². The van der Waals surface area contributed by atoms with Crippen LogP contribution in [0.3, 0.4) is 0 Å². The molecule has 60 heavy (non-hydrogen) atoms. The number of phosphoric acid groups is 1. The average molecular weight is 871 g/mol. The highest BCUT2D eigenvalue weighted by Gasteiger charge is 2.27. The molecule has 0 aliphatic heterocycles. The van der Waals surface area contributed by atoms with Gasteiger partial charge in [-0.1, -0.05) is 186 Å². The number of esters is 2. The molecule has 0 aliphatic carbocycles. The molecule has 1 N–H and O–H groups in total. The first-order valence-electron chi connectivity index (χ1n) is 25.1. The van der Waals surface area contributed by atoms with E-state index in [0.29, 0.717) is 23.9 Å². The summed E-state index contributed by atoms with van der Waals surface area (Å²) in [5.74, 6) is -0.846. The Morgan fingerprint density at radius 1 is 0.500 bits per heavy atom. The van der Waals surface area contributed by atoms with E-state index in [9.17, 15) is 19.0 Å². The lowest BCUT2D eigenvalue weighted by Gasteiger charge is -2.24. The Morgan fingerprint density at radius 3 is 1.28 bits per heavy atom. The summed E-state index contributed by atoms with van der Waals surface area (Å²) in [5.41, 5.74) is 0. The summed E-state index contributed by atoms with van der Waals surface area (Å²) in [5, 5.41) is 0. The van der Waals surface area contributed by atoms with Crippen LogP contribution in [-0.4, -0.2) is 74.9 Å². The molecule has 0 heterocycles. The molecule has 0 rings (SSSR count). The summed E-state index contributed by atoms with van der Waals surface area (Å²) in [7, 11) is 1.46. The lowest BCUT2D eigenvalue weighted by Crippen LogP contribution is -2.37. The molecular formula is C50H97NO8P+. The van der Waals surface area contributed by atoms with Crippen LogP contribution in [-0.2, 0) is 32.7 Å². The van der Waals surface area contributed by atoms with Gasteiger partial charge in [0.2, 0.25) is 0 Å². The van der Waals surface area contributed by atoms with Gasteiger partial charge in [0.25, 0.3) is 0 Å². The van der Waals surface area contributed by atoms with Crippen LogP contribution in [0.1, 0.15) is 232 Å². The molecule has 1 unspecified atom stereocenters. The van der Waals surface area contributed by atoms with Crippen molar-refractivity contribution in [1.29, 1.82) is 0 Å². The van der Waals surface area contributed by atoms with Gasteiger partial charge in [0.05, 0.1) is 27.7 Å². The van der Waals surface area contributed by atoms with Gasteiger partial charge >= 0.3 is 19.8 Å². The molecule has 0 aromatic heterocycles. The van der Waals surface area contributed by atoms with Gasteiger partial charge in [-0.15, -0.1) is 0 Å². The highest BCUT2D eigenvalue weighted by molar-refractivity contribution is 7.47. The molecule has 0 spiro atoms. The maximum absolute atomic E-state index is 12.7. The van der Waals surface area contributed by atoms with Crippen LogP contribution in [0.15, 0.2) is 24.3 Å². The zero-order chi connectivity index (χ0) is 44.3. The number of phosphoric ester groups is 1. The normalized spacial score (nSPS) is 13.6. The van der Waals surface area contributed by atoms with Crippen molar-refractivity contribution in [1.82, 2.24) is 0 Å². The third kappa shape index (κ3) is 46.0. The van der Waals surface area contributed by atoms with Crippen molar-refractivity contribution < 1.29 is 42.1 Å². The third-order valence-corrected chi connectivity index (χ3v) is 11.9. The highest BCUT2D eigenvalue weighted by atomic mass is 31.2. The molecule has 0 bridgehead atoms. The molecule has 354 valence electrons. The Balaban J connectivity index is 4.22. The number of likely N-dealkylation sites (N-methyl/N-ethyl adjacent to an activating group) is 1. The Labute approximate surface area is 370 Å². The molecule has 10 heteroatoms. The Bertz CT molecular complexity index is 1070. The number of quaternary nitrogens is 1. The number of carbonyl (C=O) groups excluding carboxylic acids is 2. The first kappa shape index (κ1) is 58.5. The Hall–Kier alpha value is -1.51. The van der Waals surface area contributed by atoms with Gasteiger partial charge in [-0.25, -0.2) is 4.57 Å². The molecule has 0 aromatic carbocycles. The van der Waals surface area contributed by atoms with Crippen molar-refractivity contribution in [3.63, 3.8) is 0 Å². The highest BCUT2D eigenvalue weighted by Crippen LogP contribution is 2.43. The Kier molecular flexibility index (Phi) is 41.7. The molecule has 0 aliphatic rings. The van der Waals surface area contributed by atoms with Gasteiger partial charge in [-0.05, 0) is 57.8 Å². The number of rotatable bonds is 46.